The molecule has 2 rings (SSSR count). The number of carbonyl (C=O) groups excluding carboxylic acids is 2. The van der Waals surface area contributed by atoms with Gasteiger partial charge in [0.1, 0.15) is 24.7 Å². The first-order valence-corrected chi connectivity index (χ1v) is 12.7. The molecule has 2 N–H and O–H groups in total. The van der Waals surface area contributed by atoms with Crippen LogP contribution in [0.2, 0.25) is 0 Å². The van der Waals surface area contributed by atoms with E-state index in [9.17, 15) is 9.59 Å². The van der Waals surface area contributed by atoms with Crippen molar-refractivity contribution in [1.29, 1.82) is 0 Å². The minimum atomic E-state index is 0.0256. The number of ether oxygens (including phenoxy) is 2. The Kier molecular flexibility index (Phi) is 12.9. The molecule has 0 fully saturated rings. The Labute approximate surface area is 215 Å². The Hall–Kier alpha value is -3.54. The van der Waals surface area contributed by atoms with Crippen LogP contribution in [0.1, 0.15) is 65.2 Å². The Morgan fingerprint density at radius 2 is 0.944 bits per heavy atom. The number of hydrogen-bond donors (Lipinski definition) is 2. The molecule has 0 saturated carbocycles. The highest BCUT2D eigenvalue weighted by Gasteiger charge is 2.05. The predicted molar refractivity (Wildman–Crippen MR) is 148 cm³/mol. The summed E-state index contributed by atoms with van der Waals surface area (Å²) in [5.41, 5.74) is 3.46. The highest BCUT2D eigenvalue weighted by Crippen LogP contribution is 2.18. The summed E-state index contributed by atoms with van der Waals surface area (Å²) < 4.78 is 11.1. The maximum atomic E-state index is 12.1. The molecule has 0 aliphatic carbocycles. The number of rotatable bonds is 17. The highest BCUT2D eigenvalue weighted by molar-refractivity contribution is 5.91. The minimum Gasteiger partial charge on any atom is -0.489 e. The van der Waals surface area contributed by atoms with Crippen molar-refractivity contribution >= 4 is 23.2 Å². The molecule has 0 bridgehead atoms. The van der Waals surface area contributed by atoms with E-state index in [1.165, 1.54) is 0 Å². The fourth-order valence-corrected chi connectivity index (χ4v) is 3.41. The lowest BCUT2D eigenvalue weighted by Crippen LogP contribution is -2.11. The van der Waals surface area contributed by atoms with Crippen LogP contribution in [0, 0.1) is 0 Å². The van der Waals surface area contributed by atoms with Crippen molar-refractivity contribution < 1.29 is 19.1 Å². The van der Waals surface area contributed by atoms with Gasteiger partial charge < -0.3 is 20.1 Å². The molecular weight excluding hydrogens is 452 g/mol. The third-order valence-electron chi connectivity index (χ3n) is 5.30. The maximum Gasteiger partial charge on any atom is 0.224 e. The van der Waals surface area contributed by atoms with Gasteiger partial charge in [-0.05, 0) is 86.4 Å². The topological polar surface area (TPSA) is 76.7 Å². The summed E-state index contributed by atoms with van der Waals surface area (Å²) >= 11 is 0. The average Bonchev–Trinajstić information content (AvgIpc) is 2.84. The smallest absolute Gasteiger partial charge is 0.224 e. The molecule has 0 saturated heterocycles. The first kappa shape index (κ1) is 28.7. The van der Waals surface area contributed by atoms with E-state index in [0.717, 1.165) is 72.5 Å². The molecule has 2 aromatic carbocycles. The van der Waals surface area contributed by atoms with Gasteiger partial charge in [-0.3, -0.25) is 9.59 Å². The Balaban J connectivity index is 1.49. The van der Waals surface area contributed by atoms with Crippen molar-refractivity contribution in [2.45, 2.75) is 65.2 Å². The molecule has 36 heavy (non-hydrogen) atoms. The Morgan fingerprint density at radius 1 is 0.611 bits per heavy atom. The lowest BCUT2D eigenvalue weighted by atomic mass is 10.1. The summed E-state index contributed by atoms with van der Waals surface area (Å²) in [5, 5.41) is 5.85. The van der Waals surface area contributed by atoms with Crippen molar-refractivity contribution in [3.63, 3.8) is 0 Å². The van der Waals surface area contributed by atoms with Gasteiger partial charge in [-0.25, -0.2) is 0 Å². The minimum absolute atomic E-state index is 0.0256. The molecule has 6 nitrogen and oxygen atoms in total. The van der Waals surface area contributed by atoms with Crippen LogP contribution in [0.4, 0.5) is 11.4 Å². The van der Waals surface area contributed by atoms with Crippen molar-refractivity contribution in [1.82, 2.24) is 0 Å². The number of benzene rings is 2. The van der Waals surface area contributed by atoms with E-state index in [-0.39, 0.29) is 11.8 Å². The van der Waals surface area contributed by atoms with Gasteiger partial charge in [-0.1, -0.05) is 38.8 Å². The van der Waals surface area contributed by atoms with E-state index >= 15 is 0 Å². The zero-order valence-electron chi connectivity index (χ0n) is 21.7. The average molecular weight is 493 g/mol. The number of carbonyl (C=O) groups is 2. The van der Waals surface area contributed by atoms with Crippen LogP contribution in [0.25, 0.3) is 0 Å². The van der Waals surface area contributed by atoms with Crippen molar-refractivity contribution in [2.24, 2.45) is 0 Å². The molecule has 2 amide bonds. The van der Waals surface area contributed by atoms with Crippen molar-refractivity contribution in [3.05, 3.63) is 72.8 Å². The number of hydrogen-bond acceptors (Lipinski definition) is 4. The third kappa shape index (κ3) is 12.8. The lowest BCUT2D eigenvalue weighted by molar-refractivity contribution is -0.117. The van der Waals surface area contributed by atoms with Crippen LogP contribution in [0.3, 0.4) is 0 Å². The van der Waals surface area contributed by atoms with Gasteiger partial charge in [0.05, 0.1) is 0 Å². The summed E-state index contributed by atoms with van der Waals surface area (Å²) in [6.07, 6.45) is 6.88. The second-order valence-electron chi connectivity index (χ2n) is 9.26. The van der Waals surface area contributed by atoms with Crippen LogP contribution < -0.4 is 20.1 Å². The van der Waals surface area contributed by atoms with Gasteiger partial charge in [-0.2, -0.15) is 0 Å². The predicted octanol–water partition coefficient (Wildman–Crippen LogP) is 7.29. The molecule has 0 aromatic heterocycles. The Morgan fingerprint density at radius 3 is 1.28 bits per heavy atom. The second-order valence-corrected chi connectivity index (χ2v) is 9.26. The highest BCUT2D eigenvalue weighted by atomic mass is 16.5. The van der Waals surface area contributed by atoms with Crippen molar-refractivity contribution in [2.75, 3.05) is 23.8 Å². The number of unbranched alkanes of at least 4 members (excludes halogenated alkanes) is 5. The summed E-state index contributed by atoms with van der Waals surface area (Å²) in [6.45, 7) is 12.4. The molecule has 0 aliphatic heterocycles. The zero-order chi connectivity index (χ0) is 26.2. The molecule has 0 aliphatic rings. The van der Waals surface area contributed by atoms with Crippen LogP contribution in [0.5, 0.6) is 11.5 Å². The molecule has 0 radical (unpaired) electrons. The monoisotopic (exact) mass is 492 g/mol. The van der Waals surface area contributed by atoms with E-state index in [4.69, 9.17) is 9.47 Å². The van der Waals surface area contributed by atoms with E-state index in [0.29, 0.717) is 26.1 Å². The summed E-state index contributed by atoms with van der Waals surface area (Å²) in [5.74, 6) is 1.56. The van der Waals surface area contributed by atoms with Gasteiger partial charge in [0.15, 0.2) is 0 Å². The van der Waals surface area contributed by atoms with Gasteiger partial charge in [0.2, 0.25) is 11.8 Å². The largest absolute Gasteiger partial charge is 0.489 e. The number of nitrogens with one attached hydrogen (secondary N) is 2. The normalized spacial score (nSPS) is 10.4. The quantitative estimate of drug-likeness (QED) is 0.179. The molecule has 0 atom stereocenters. The molecule has 6 heteroatoms. The first-order valence-electron chi connectivity index (χ1n) is 12.7. The van der Waals surface area contributed by atoms with Gasteiger partial charge >= 0.3 is 0 Å². The second kappa shape index (κ2) is 16.2. The summed E-state index contributed by atoms with van der Waals surface area (Å²) in [4.78, 5) is 24.3. The third-order valence-corrected chi connectivity index (χ3v) is 5.30. The summed E-state index contributed by atoms with van der Waals surface area (Å²) in [7, 11) is 0. The van der Waals surface area contributed by atoms with Gasteiger partial charge in [0.25, 0.3) is 0 Å². The SMILES string of the molecule is C=C(C)COc1ccc(NC(=O)CCCCCCCCC(=O)Nc2ccc(OCC(=C)C)cc2)cc1. The lowest BCUT2D eigenvalue weighted by Gasteiger charge is -2.09. The maximum absolute atomic E-state index is 12.1. The van der Waals surface area contributed by atoms with Gasteiger partial charge in [-0.15, -0.1) is 0 Å². The van der Waals surface area contributed by atoms with Crippen LogP contribution >= 0.6 is 0 Å². The first-order chi connectivity index (χ1) is 17.3. The van der Waals surface area contributed by atoms with Crippen LogP contribution in [-0.2, 0) is 9.59 Å². The van der Waals surface area contributed by atoms with E-state index in [1.807, 2.05) is 62.4 Å². The van der Waals surface area contributed by atoms with Crippen LogP contribution in [0.15, 0.2) is 72.8 Å². The molecule has 0 unspecified atom stereocenters. The fraction of sp³-hybridized carbons (Fsp3) is 0.400. The molecule has 194 valence electrons. The zero-order valence-corrected chi connectivity index (χ0v) is 21.7. The molecule has 2 aromatic rings. The summed E-state index contributed by atoms with van der Waals surface area (Å²) in [6, 6.07) is 14.7. The van der Waals surface area contributed by atoms with Crippen molar-refractivity contribution in [3.8, 4) is 11.5 Å². The van der Waals surface area contributed by atoms with E-state index < -0.39 is 0 Å². The standard InChI is InChI=1S/C30H40N2O4/c1-23(2)21-35-27-17-13-25(14-18-27)31-29(33)11-9-7-5-6-8-10-12-30(34)32-26-15-19-28(20-16-26)36-22-24(3)4/h13-20H,1,3,5-12,21-22H2,2,4H3,(H,31,33)(H,32,34). The van der Waals surface area contributed by atoms with E-state index in [1.54, 1.807) is 0 Å². The number of anilines is 2. The van der Waals surface area contributed by atoms with E-state index in [2.05, 4.69) is 23.8 Å². The van der Waals surface area contributed by atoms with Gasteiger partial charge in [0, 0.05) is 24.2 Å². The number of amides is 2. The molecule has 0 heterocycles. The molecule has 0 spiro atoms. The fourth-order valence-electron chi connectivity index (χ4n) is 3.41. The Bertz CT molecular complexity index is 900. The van der Waals surface area contributed by atoms with Crippen LogP contribution in [-0.4, -0.2) is 25.0 Å². The molecular formula is C30H40N2O4.